The summed E-state index contributed by atoms with van der Waals surface area (Å²) in [4.78, 5) is 22.2. The van der Waals surface area contributed by atoms with Crippen LogP contribution < -0.4 is 10.6 Å². The van der Waals surface area contributed by atoms with Gasteiger partial charge in [0.2, 0.25) is 17.7 Å². The molecule has 0 bridgehead atoms. The molecule has 0 aliphatic heterocycles. The van der Waals surface area contributed by atoms with Gasteiger partial charge in [0.1, 0.15) is 0 Å². The maximum atomic E-state index is 10.7. The standard InChI is InChI=1S/C8H13N5O2/c1-3-9-7-11-5(6(14)15)12-8(13-7)10-4-2/h3-4H2,1-2H3,(H,14,15)(H2,9,10,11,12,13). The molecule has 0 radical (unpaired) electrons. The molecule has 1 aromatic rings. The van der Waals surface area contributed by atoms with Gasteiger partial charge in [-0.05, 0) is 13.8 Å². The zero-order valence-electron chi connectivity index (χ0n) is 8.61. The molecule has 3 N–H and O–H groups in total. The summed E-state index contributed by atoms with van der Waals surface area (Å²) < 4.78 is 0. The van der Waals surface area contributed by atoms with Gasteiger partial charge in [0.05, 0.1) is 0 Å². The number of hydrogen-bond acceptors (Lipinski definition) is 6. The van der Waals surface area contributed by atoms with E-state index in [2.05, 4.69) is 25.6 Å². The summed E-state index contributed by atoms with van der Waals surface area (Å²) >= 11 is 0. The van der Waals surface area contributed by atoms with Gasteiger partial charge in [0, 0.05) is 13.1 Å². The summed E-state index contributed by atoms with van der Waals surface area (Å²) in [5.74, 6) is -0.908. The highest BCUT2D eigenvalue weighted by molar-refractivity contribution is 5.83. The molecule has 0 aliphatic carbocycles. The molecule has 15 heavy (non-hydrogen) atoms. The highest BCUT2D eigenvalue weighted by Gasteiger charge is 2.11. The molecule has 0 saturated carbocycles. The molecular formula is C8H13N5O2. The molecule has 1 aromatic heterocycles. The summed E-state index contributed by atoms with van der Waals surface area (Å²) in [6.07, 6.45) is 0. The van der Waals surface area contributed by atoms with Gasteiger partial charge in [-0.15, -0.1) is 0 Å². The molecule has 0 saturated heterocycles. The van der Waals surface area contributed by atoms with E-state index in [1.807, 2.05) is 13.8 Å². The first-order chi connectivity index (χ1) is 7.17. The molecular weight excluding hydrogens is 198 g/mol. The Morgan fingerprint density at radius 1 is 1.13 bits per heavy atom. The minimum absolute atomic E-state index is 0.265. The van der Waals surface area contributed by atoms with Crippen molar-refractivity contribution >= 4 is 17.9 Å². The first kappa shape index (κ1) is 11.2. The normalized spacial score (nSPS) is 9.73. The van der Waals surface area contributed by atoms with Crippen LogP contribution in [-0.2, 0) is 0 Å². The van der Waals surface area contributed by atoms with Crippen molar-refractivity contribution in [2.45, 2.75) is 13.8 Å². The third kappa shape index (κ3) is 3.04. The van der Waals surface area contributed by atoms with Crippen molar-refractivity contribution in [3.8, 4) is 0 Å². The smallest absolute Gasteiger partial charge is 0.374 e. The topological polar surface area (TPSA) is 100 Å². The van der Waals surface area contributed by atoms with Crippen LogP contribution in [0.15, 0.2) is 0 Å². The molecule has 0 aromatic carbocycles. The van der Waals surface area contributed by atoms with E-state index in [0.29, 0.717) is 13.1 Å². The zero-order valence-corrected chi connectivity index (χ0v) is 8.61. The van der Waals surface area contributed by atoms with Crippen molar-refractivity contribution in [3.05, 3.63) is 5.82 Å². The molecule has 1 rings (SSSR count). The van der Waals surface area contributed by atoms with Crippen molar-refractivity contribution in [2.24, 2.45) is 0 Å². The Morgan fingerprint density at radius 2 is 1.60 bits per heavy atom. The number of carboxylic acid groups (broad SMARTS) is 1. The molecule has 0 fully saturated rings. The van der Waals surface area contributed by atoms with Crippen LogP contribution in [0.3, 0.4) is 0 Å². The van der Waals surface area contributed by atoms with E-state index in [4.69, 9.17) is 5.11 Å². The van der Waals surface area contributed by atoms with E-state index >= 15 is 0 Å². The second-order valence-corrected chi connectivity index (χ2v) is 2.67. The molecule has 82 valence electrons. The summed E-state index contributed by atoms with van der Waals surface area (Å²) in [5, 5.41) is 14.4. The van der Waals surface area contributed by atoms with Gasteiger partial charge in [0.25, 0.3) is 0 Å². The number of aromatic carboxylic acids is 1. The summed E-state index contributed by atoms with van der Waals surface area (Å²) in [5.41, 5.74) is 0. The monoisotopic (exact) mass is 211 g/mol. The van der Waals surface area contributed by atoms with Crippen LogP contribution in [-0.4, -0.2) is 39.1 Å². The number of nitrogens with one attached hydrogen (secondary N) is 2. The fourth-order valence-corrected chi connectivity index (χ4v) is 0.946. The van der Waals surface area contributed by atoms with Crippen molar-refractivity contribution in [1.82, 2.24) is 15.0 Å². The zero-order chi connectivity index (χ0) is 11.3. The van der Waals surface area contributed by atoms with Crippen LogP contribution in [0.4, 0.5) is 11.9 Å². The lowest BCUT2D eigenvalue weighted by Gasteiger charge is -2.05. The number of anilines is 2. The fourth-order valence-electron chi connectivity index (χ4n) is 0.946. The summed E-state index contributed by atoms with van der Waals surface area (Å²) in [7, 11) is 0. The average molecular weight is 211 g/mol. The van der Waals surface area contributed by atoms with Gasteiger partial charge in [-0.25, -0.2) is 4.79 Å². The van der Waals surface area contributed by atoms with Crippen LogP contribution in [0, 0.1) is 0 Å². The van der Waals surface area contributed by atoms with Gasteiger partial charge in [-0.1, -0.05) is 0 Å². The third-order valence-electron chi connectivity index (χ3n) is 1.50. The number of carboxylic acids is 1. The van der Waals surface area contributed by atoms with Crippen LogP contribution in [0.2, 0.25) is 0 Å². The number of rotatable bonds is 5. The molecule has 0 unspecified atom stereocenters. The fraction of sp³-hybridized carbons (Fsp3) is 0.500. The molecule has 0 atom stereocenters. The van der Waals surface area contributed by atoms with Gasteiger partial charge in [-0.2, -0.15) is 15.0 Å². The Kier molecular flexibility index (Phi) is 3.78. The largest absolute Gasteiger partial charge is 0.475 e. The van der Waals surface area contributed by atoms with Crippen LogP contribution in [0.5, 0.6) is 0 Å². The van der Waals surface area contributed by atoms with E-state index < -0.39 is 5.97 Å². The van der Waals surface area contributed by atoms with E-state index in [1.165, 1.54) is 0 Å². The second kappa shape index (κ2) is 5.08. The highest BCUT2D eigenvalue weighted by Crippen LogP contribution is 2.05. The minimum Gasteiger partial charge on any atom is -0.475 e. The molecule has 0 spiro atoms. The first-order valence-corrected chi connectivity index (χ1v) is 4.64. The van der Waals surface area contributed by atoms with Crippen LogP contribution in [0.25, 0.3) is 0 Å². The van der Waals surface area contributed by atoms with E-state index in [-0.39, 0.29) is 17.7 Å². The average Bonchev–Trinajstić information content (AvgIpc) is 2.18. The lowest BCUT2D eigenvalue weighted by Crippen LogP contribution is -2.13. The summed E-state index contributed by atoms with van der Waals surface area (Å²) in [6.45, 7) is 4.98. The predicted octanol–water partition coefficient (Wildman–Crippen LogP) is 0.433. The van der Waals surface area contributed by atoms with Gasteiger partial charge >= 0.3 is 5.97 Å². The first-order valence-electron chi connectivity index (χ1n) is 4.64. The maximum absolute atomic E-state index is 10.7. The lowest BCUT2D eigenvalue weighted by atomic mass is 10.6. The quantitative estimate of drug-likeness (QED) is 0.649. The Hall–Kier alpha value is -1.92. The van der Waals surface area contributed by atoms with Gasteiger partial charge in [-0.3, -0.25) is 0 Å². The van der Waals surface area contributed by atoms with Crippen molar-refractivity contribution < 1.29 is 9.90 Å². The Labute approximate surface area is 87.0 Å². The number of aromatic nitrogens is 3. The van der Waals surface area contributed by atoms with E-state index in [0.717, 1.165) is 0 Å². The van der Waals surface area contributed by atoms with Crippen LogP contribution in [0.1, 0.15) is 24.5 Å². The highest BCUT2D eigenvalue weighted by atomic mass is 16.4. The molecule has 7 heteroatoms. The molecule has 7 nitrogen and oxygen atoms in total. The van der Waals surface area contributed by atoms with E-state index in [1.54, 1.807) is 0 Å². The Balaban J connectivity index is 3.02. The SMILES string of the molecule is CCNc1nc(NCC)nc(C(=O)O)n1. The number of hydrogen-bond donors (Lipinski definition) is 3. The van der Waals surface area contributed by atoms with Crippen molar-refractivity contribution in [1.29, 1.82) is 0 Å². The Morgan fingerprint density at radius 3 is 1.93 bits per heavy atom. The third-order valence-corrected chi connectivity index (χ3v) is 1.50. The van der Waals surface area contributed by atoms with Crippen molar-refractivity contribution in [2.75, 3.05) is 23.7 Å². The predicted molar refractivity (Wildman–Crippen MR) is 55.1 cm³/mol. The van der Waals surface area contributed by atoms with Gasteiger partial charge in [0.15, 0.2) is 0 Å². The summed E-state index contributed by atoms with van der Waals surface area (Å²) in [6, 6.07) is 0. The van der Waals surface area contributed by atoms with Crippen molar-refractivity contribution in [3.63, 3.8) is 0 Å². The van der Waals surface area contributed by atoms with Crippen LogP contribution >= 0.6 is 0 Å². The minimum atomic E-state index is -1.17. The molecule has 1 heterocycles. The van der Waals surface area contributed by atoms with Gasteiger partial charge < -0.3 is 15.7 Å². The maximum Gasteiger partial charge on any atom is 0.374 e. The molecule has 0 amide bonds. The Bertz CT molecular complexity index is 331. The number of carbonyl (C=O) groups is 1. The second-order valence-electron chi connectivity index (χ2n) is 2.67. The van der Waals surface area contributed by atoms with E-state index in [9.17, 15) is 4.79 Å². The number of nitrogens with zero attached hydrogens (tertiary/aromatic N) is 3. The molecule has 0 aliphatic rings. The lowest BCUT2D eigenvalue weighted by molar-refractivity contribution is 0.0683.